The highest BCUT2D eigenvalue weighted by Gasteiger charge is 2.61. The maximum Gasteiger partial charge on any atom is 0.303 e. The Morgan fingerprint density at radius 3 is 1.10 bits per heavy atom. The summed E-state index contributed by atoms with van der Waals surface area (Å²) in [7, 11) is 0. The van der Waals surface area contributed by atoms with Crippen molar-refractivity contribution in [1.29, 1.82) is 0 Å². The Morgan fingerprint density at radius 1 is 0.423 bits per heavy atom. The van der Waals surface area contributed by atoms with E-state index in [0.29, 0.717) is 0 Å². The smallest absolute Gasteiger partial charge is 0.303 e. The van der Waals surface area contributed by atoms with Crippen LogP contribution in [0.4, 0.5) is 0 Å². The molecule has 4 fully saturated rings. The maximum absolute atomic E-state index is 13.1. The summed E-state index contributed by atoms with van der Waals surface area (Å²) in [5.74, 6) is -10.0. The van der Waals surface area contributed by atoms with E-state index < -0.39 is 201 Å². The van der Waals surface area contributed by atoms with E-state index in [1.54, 1.807) is 0 Å². The van der Waals surface area contributed by atoms with Crippen LogP contribution in [0.5, 0.6) is 0 Å². The van der Waals surface area contributed by atoms with Gasteiger partial charge in [-0.15, -0.1) is 10.1 Å². The van der Waals surface area contributed by atoms with Gasteiger partial charge in [-0.25, -0.2) is 0 Å². The molecule has 0 aromatic rings. The highest BCUT2D eigenvalue weighted by molar-refractivity contribution is 5.70. The minimum Gasteiger partial charge on any atom is -0.463 e. The van der Waals surface area contributed by atoms with Crippen LogP contribution in [0, 0.1) is 10.1 Å². The van der Waals surface area contributed by atoms with Crippen molar-refractivity contribution in [3.63, 3.8) is 0 Å². The first-order valence-corrected chi connectivity index (χ1v) is 23.6. The van der Waals surface area contributed by atoms with Crippen LogP contribution < -0.4 is 0 Å². The Morgan fingerprint density at radius 2 is 0.731 bits per heavy atom. The molecule has 0 aliphatic carbocycles. The van der Waals surface area contributed by atoms with E-state index in [2.05, 4.69) is 10.0 Å². The molecule has 0 aromatic heterocycles. The van der Waals surface area contributed by atoms with Gasteiger partial charge in [0, 0.05) is 74.1 Å². The molecule has 0 spiro atoms. The third kappa shape index (κ3) is 17.7. The first-order chi connectivity index (χ1) is 36.5. The van der Waals surface area contributed by atoms with Crippen molar-refractivity contribution in [2.45, 2.75) is 206 Å². The zero-order chi connectivity index (χ0) is 58.5. The van der Waals surface area contributed by atoms with Crippen molar-refractivity contribution >= 4 is 59.7 Å². The molecule has 20 atom stereocenters. The molecule has 0 bridgehead atoms. The summed E-state index contributed by atoms with van der Waals surface area (Å²) < 4.78 is 98.7. The van der Waals surface area contributed by atoms with Gasteiger partial charge < -0.3 is 80.5 Å². The van der Waals surface area contributed by atoms with E-state index in [0.717, 1.165) is 69.2 Å². The summed E-state index contributed by atoms with van der Waals surface area (Å²) >= 11 is 0. The van der Waals surface area contributed by atoms with Crippen molar-refractivity contribution in [1.82, 2.24) is 0 Å². The quantitative estimate of drug-likeness (QED) is 0.0267. The molecular formula is C44H60N4O30. The number of rotatable bonds is 21. The average molecular weight is 1120 g/mol. The van der Waals surface area contributed by atoms with Crippen molar-refractivity contribution < 1.29 is 138 Å². The Labute approximate surface area is 442 Å². The Kier molecular flexibility index (Phi) is 23.2. The monoisotopic (exact) mass is 1120 g/mol. The van der Waals surface area contributed by atoms with Crippen molar-refractivity contribution in [2.24, 2.45) is 5.11 Å². The normalized spacial score (nSPS) is 34.3. The molecule has 436 valence electrons. The second-order valence-corrected chi connectivity index (χ2v) is 17.5. The van der Waals surface area contributed by atoms with Crippen LogP contribution in [-0.4, -0.2) is 201 Å². The number of hydrogen-bond donors (Lipinski definition) is 0. The fourth-order valence-electron chi connectivity index (χ4n) is 8.65. The van der Waals surface area contributed by atoms with Gasteiger partial charge in [-0.3, -0.25) is 52.8 Å². The molecule has 4 aliphatic heterocycles. The minimum atomic E-state index is -2.32. The zero-order valence-corrected chi connectivity index (χ0v) is 44.0. The van der Waals surface area contributed by atoms with Crippen LogP contribution in [0.2, 0.25) is 0 Å². The van der Waals surface area contributed by atoms with Crippen molar-refractivity contribution in [3.05, 3.63) is 20.6 Å². The third-order valence-corrected chi connectivity index (χ3v) is 11.2. The number of ether oxygens (including phenoxy) is 17. The molecule has 4 saturated heterocycles. The molecule has 0 radical (unpaired) electrons. The number of carbonyl (C=O) groups excluding carboxylic acids is 10. The lowest BCUT2D eigenvalue weighted by Crippen LogP contribution is -2.69. The second-order valence-electron chi connectivity index (χ2n) is 17.5. The van der Waals surface area contributed by atoms with Crippen LogP contribution in [0.1, 0.15) is 83.1 Å². The molecule has 9 unspecified atom stereocenters. The average Bonchev–Trinajstić information content (AvgIpc) is 3.29. The first kappa shape index (κ1) is 63.5. The van der Waals surface area contributed by atoms with Gasteiger partial charge in [0.05, 0.1) is 12.2 Å². The fraction of sp³-hybridized carbons (Fsp3) is 0.773. The van der Waals surface area contributed by atoms with Gasteiger partial charge in [-0.05, 0) is 19.4 Å². The molecule has 0 aromatic carbocycles. The third-order valence-electron chi connectivity index (χ3n) is 11.2. The second kappa shape index (κ2) is 28.5. The van der Waals surface area contributed by atoms with Crippen molar-refractivity contribution in [2.75, 3.05) is 13.2 Å². The summed E-state index contributed by atoms with van der Waals surface area (Å²) in [6.45, 7) is 10.4. The molecule has 4 aliphatic rings. The molecule has 34 nitrogen and oxygen atoms in total. The Hall–Kier alpha value is -7.07. The van der Waals surface area contributed by atoms with Crippen LogP contribution in [-0.2, 0) is 133 Å². The number of azide groups is 1. The van der Waals surface area contributed by atoms with E-state index >= 15 is 0 Å². The zero-order valence-electron chi connectivity index (χ0n) is 44.0. The summed E-state index contributed by atoms with van der Waals surface area (Å²) in [4.78, 5) is 146. The number of nitrogens with zero attached hydrogens (tertiary/aromatic N) is 4. The molecule has 0 saturated carbocycles. The Balaban J connectivity index is 2.07. The van der Waals surface area contributed by atoms with E-state index in [-0.39, 0.29) is 0 Å². The van der Waals surface area contributed by atoms with E-state index in [4.69, 9.17) is 85.4 Å². The van der Waals surface area contributed by atoms with Gasteiger partial charge in [0.15, 0.2) is 73.8 Å². The van der Waals surface area contributed by atoms with E-state index in [9.17, 15) is 63.6 Å². The highest BCUT2D eigenvalue weighted by Crippen LogP contribution is 2.40. The molecule has 4 rings (SSSR count). The topological polar surface area (TPSA) is 429 Å². The van der Waals surface area contributed by atoms with Gasteiger partial charge in [-0.2, -0.15) is 0 Å². The van der Waals surface area contributed by atoms with Crippen LogP contribution in [0.25, 0.3) is 10.4 Å². The van der Waals surface area contributed by atoms with Gasteiger partial charge >= 0.3 is 59.7 Å². The summed E-state index contributed by atoms with van der Waals surface area (Å²) in [5, 5.41) is 14.3. The lowest BCUT2D eigenvalue weighted by atomic mass is 9.94. The van der Waals surface area contributed by atoms with Crippen LogP contribution in [0.15, 0.2) is 5.11 Å². The first-order valence-electron chi connectivity index (χ1n) is 23.6. The lowest BCUT2D eigenvalue weighted by molar-refractivity contribution is -0.783. The molecule has 0 N–H and O–H groups in total. The van der Waals surface area contributed by atoms with Crippen LogP contribution in [0.3, 0.4) is 0 Å². The van der Waals surface area contributed by atoms with E-state index in [1.165, 1.54) is 13.8 Å². The predicted octanol–water partition coefficient (Wildman–Crippen LogP) is -0.452. The predicted molar refractivity (Wildman–Crippen MR) is 239 cm³/mol. The summed E-state index contributed by atoms with van der Waals surface area (Å²) in [5.41, 5.74) is 9.97. The highest BCUT2D eigenvalue weighted by atomic mass is 17.0. The van der Waals surface area contributed by atoms with Crippen molar-refractivity contribution in [3.8, 4) is 0 Å². The molecular weight excluding hydrogens is 1060 g/mol. The summed E-state index contributed by atoms with van der Waals surface area (Å²) in [6, 6.07) is -2.16. The minimum absolute atomic E-state index is 0.833. The van der Waals surface area contributed by atoms with Crippen LogP contribution >= 0.6 is 0 Å². The van der Waals surface area contributed by atoms with Gasteiger partial charge in [0.2, 0.25) is 6.29 Å². The Bertz CT molecular complexity index is 2280. The molecule has 78 heavy (non-hydrogen) atoms. The van der Waals surface area contributed by atoms with Gasteiger partial charge in [-0.1, -0.05) is 5.11 Å². The molecule has 4 heterocycles. The SMILES string of the molecule is CC(=O)OCC1OC(O[N+](=O)[O-])C(N=[N+]=[N-])[C@@H](O[C@H]2OC(C)[C@@H](OC(C)=O)C(OC(C)=O)[C@@H]2OC(C)=O)[C@H]1O[C@@H]1OC(COC(C)=O)[C@H](OC(C)=O)[C@H](OC(C)=O)C1O[C@@H]1OC(C)[C@H](OC(C)=O)[C@@H](OC(C)=O)C1OC(C)=O. The van der Waals surface area contributed by atoms with E-state index in [1.807, 2.05) is 0 Å². The standard InChI is InChI=1S/C44H60N4O30/c1-15-30(65-19(5)51)35(68-22(8)54)38(71-25(11)57)42(63-15)76-34-29(46-47-45)41(78-48(59)60)73-27(13-61-17(3)49)32(34)75-44-40(37(70-24(10)56)33(67-21(7)53)28(74-44)14-62-18(4)50)77-43-39(72-26(12)58)36(69-23(9)55)31(16(2)64-43)66-20(6)52/h15-16,27-44H,13-14H2,1-12H3/t15?,16?,27?,28?,29?,30-,31+,32+,33+,34-,35?,36-,37+,38+,39?,40?,41?,42-,43+,44+/m1/s1. The number of carbonyl (C=O) groups is 10. The lowest BCUT2D eigenvalue weighted by Gasteiger charge is -2.51. The maximum atomic E-state index is 13.1. The number of esters is 10. The largest absolute Gasteiger partial charge is 0.463 e. The molecule has 0 amide bonds. The van der Waals surface area contributed by atoms with Gasteiger partial charge in [0.25, 0.3) is 5.09 Å². The van der Waals surface area contributed by atoms with Gasteiger partial charge in [0.1, 0.15) is 43.7 Å². The fourth-order valence-corrected chi connectivity index (χ4v) is 8.65. The number of hydrogen-bond acceptors (Lipinski definition) is 31. The molecule has 34 heteroatoms. The summed E-state index contributed by atoms with van der Waals surface area (Å²) in [6.07, 6.45) is -35.8.